The SMILES string of the molecule is N#Cc1c2c(c[nH]c1=O)Sc1ccc(N)cc1N2. The van der Waals surface area contributed by atoms with Gasteiger partial charge in [0.25, 0.3) is 5.56 Å². The van der Waals surface area contributed by atoms with Crippen LogP contribution in [0, 0.1) is 11.3 Å². The molecule has 18 heavy (non-hydrogen) atoms. The standard InChI is InChI=1S/C12H8N4OS/c13-4-7-11-10(5-15-12(7)17)18-9-2-1-6(14)3-8(9)16-11/h1-3,5,16H,14H2,(H,15,17). The number of benzene rings is 1. The highest BCUT2D eigenvalue weighted by Crippen LogP contribution is 2.44. The molecule has 0 fully saturated rings. The van der Waals surface area contributed by atoms with Crippen LogP contribution in [0.1, 0.15) is 5.56 Å². The van der Waals surface area contributed by atoms with Crippen LogP contribution >= 0.6 is 11.8 Å². The van der Waals surface area contributed by atoms with Crippen LogP contribution in [-0.4, -0.2) is 4.98 Å². The van der Waals surface area contributed by atoms with Gasteiger partial charge in [-0.1, -0.05) is 11.8 Å². The zero-order chi connectivity index (χ0) is 12.7. The zero-order valence-electron chi connectivity index (χ0n) is 9.15. The van der Waals surface area contributed by atoms with Crippen LogP contribution in [0.2, 0.25) is 0 Å². The van der Waals surface area contributed by atoms with Gasteiger partial charge in [0.1, 0.15) is 11.6 Å². The Balaban J connectivity index is 2.21. The molecule has 0 saturated heterocycles. The maximum absolute atomic E-state index is 11.5. The molecule has 1 aromatic heterocycles. The van der Waals surface area contributed by atoms with E-state index in [-0.39, 0.29) is 5.56 Å². The summed E-state index contributed by atoms with van der Waals surface area (Å²) in [5.74, 6) is 0. The summed E-state index contributed by atoms with van der Waals surface area (Å²) in [6.45, 7) is 0. The molecule has 0 bridgehead atoms. The topological polar surface area (TPSA) is 94.7 Å². The molecule has 88 valence electrons. The predicted molar refractivity (Wildman–Crippen MR) is 70.0 cm³/mol. The van der Waals surface area contributed by atoms with Gasteiger partial charge in [0.15, 0.2) is 0 Å². The predicted octanol–water partition coefficient (Wildman–Crippen LogP) is 2.04. The molecule has 0 amide bonds. The van der Waals surface area contributed by atoms with Crippen LogP contribution in [0.3, 0.4) is 0 Å². The number of H-pyrrole nitrogens is 1. The number of pyridine rings is 1. The Bertz CT molecular complexity index is 745. The maximum Gasteiger partial charge on any atom is 0.268 e. The Morgan fingerprint density at radius 3 is 2.94 bits per heavy atom. The molecule has 0 saturated carbocycles. The number of aromatic amines is 1. The number of hydrogen-bond donors (Lipinski definition) is 3. The lowest BCUT2D eigenvalue weighted by atomic mass is 10.2. The summed E-state index contributed by atoms with van der Waals surface area (Å²) in [5.41, 5.74) is 7.41. The van der Waals surface area contributed by atoms with E-state index < -0.39 is 5.56 Å². The number of nitrogens with zero attached hydrogens (tertiary/aromatic N) is 1. The van der Waals surface area contributed by atoms with Crippen LogP contribution < -0.4 is 16.6 Å². The third-order valence-corrected chi connectivity index (χ3v) is 3.77. The lowest BCUT2D eigenvalue weighted by Gasteiger charge is -2.21. The molecule has 6 heteroatoms. The summed E-state index contributed by atoms with van der Waals surface area (Å²) >= 11 is 1.49. The van der Waals surface area contributed by atoms with Crippen LogP contribution in [0.15, 0.2) is 39.0 Å². The summed E-state index contributed by atoms with van der Waals surface area (Å²) in [5, 5.41) is 12.1. The number of aromatic nitrogens is 1. The van der Waals surface area contributed by atoms with Crippen LogP contribution in [-0.2, 0) is 0 Å². The minimum atomic E-state index is -0.392. The molecule has 0 radical (unpaired) electrons. The molecule has 0 unspecified atom stereocenters. The summed E-state index contributed by atoms with van der Waals surface area (Å²) in [4.78, 5) is 15.9. The first-order valence-electron chi connectivity index (χ1n) is 5.19. The number of anilines is 3. The highest BCUT2D eigenvalue weighted by molar-refractivity contribution is 7.99. The minimum absolute atomic E-state index is 0.0908. The average molecular weight is 256 g/mol. The second kappa shape index (κ2) is 3.82. The first kappa shape index (κ1) is 10.7. The van der Waals surface area contributed by atoms with Crippen molar-refractivity contribution >= 4 is 28.8 Å². The second-order valence-corrected chi connectivity index (χ2v) is 4.91. The molecule has 5 nitrogen and oxygen atoms in total. The first-order chi connectivity index (χ1) is 8.69. The molecular weight excluding hydrogens is 248 g/mol. The fourth-order valence-electron chi connectivity index (χ4n) is 1.81. The lowest BCUT2D eigenvalue weighted by Crippen LogP contribution is -2.14. The Morgan fingerprint density at radius 2 is 2.17 bits per heavy atom. The normalized spacial score (nSPS) is 11.9. The number of fused-ring (bicyclic) bond motifs is 2. The Kier molecular flexibility index (Phi) is 2.28. The quantitative estimate of drug-likeness (QED) is 0.535. The Hall–Kier alpha value is -2.39. The molecule has 4 N–H and O–H groups in total. The summed E-state index contributed by atoms with van der Waals surface area (Å²) in [7, 11) is 0. The maximum atomic E-state index is 11.5. The summed E-state index contributed by atoms with van der Waals surface area (Å²) in [6, 6.07) is 7.42. The highest BCUT2D eigenvalue weighted by Gasteiger charge is 2.20. The molecule has 1 aromatic carbocycles. The monoisotopic (exact) mass is 256 g/mol. The van der Waals surface area contributed by atoms with Gasteiger partial charge in [-0.3, -0.25) is 4.79 Å². The van der Waals surface area contributed by atoms with Crippen molar-refractivity contribution in [3.63, 3.8) is 0 Å². The van der Waals surface area contributed by atoms with Gasteiger partial charge in [0.05, 0.1) is 16.3 Å². The summed E-state index contributed by atoms with van der Waals surface area (Å²) in [6.07, 6.45) is 1.61. The van der Waals surface area contributed by atoms with Crippen molar-refractivity contribution in [3.8, 4) is 6.07 Å². The molecule has 0 spiro atoms. The van der Waals surface area contributed by atoms with E-state index in [1.807, 2.05) is 18.2 Å². The van der Waals surface area contributed by atoms with Crippen molar-refractivity contribution in [2.45, 2.75) is 9.79 Å². The summed E-state index contributed by atoms with van der Waals surface area (Å²) < 4.78 is 0. The van der Waals surface area contributed by atoms with Gasteiger partial charge >= 0.3 is 0 Å². The van der Waals surface area contributed by atoms with Gasteiger partial charge in [0.2, 0.25) is 0 Å². The van der Waals surface area contributed by atoms with E-state index in [4.69, 9.17) is 11.0 Å². The van der Waals surface area contributed by atoms with Crippen molar-refractivity contribution in [1.82, 2.24) is 4.98 Å². The number of hydrogen-bond acceptors (Lipinski definition) is 5. The smallest absolute Gasteiger partial charge is 0.268 e. The van der Waals surface area contributed by atoms with Crippen LogP contribution in [0.25, 0.3) is 0 Å². The van der Waals surface area contributed by atoms with E-state index in [9.17, 15) is 4.79 Å². The van der Waals surface area contributed by atoms with Gasteiger partial charge in [-0.2, -0.15) is 5.26 Å². The highest BCUT2D eigenvalue weighted by atomic mass is 32.2. The molecule has 1 aliphatic rings. The van der Waals surface area contributed by atoms with Gasteiger partial charge in [-0.05, 0) is 18.2 Å². The van der Waals surface area contributed by atoms with E-state index >= 15 is 0 Å². The van der Waals surface area contributed by atoms with E-state index in [2.05, 4.69) is 10.3 Å². The van der Waals surface area contributed by atoms with Crippen LogP contribution in [0.4, 0.5) is 17.1 Å². The zero-order valence-corrected chi connectivity index (χ0v) is 9.97. The Morgan fingerprint density at radius 1 is 1.33 bits per heavy atom. The van der Waals surface area contributed by atoms with Gasteiger partial charge < -0.3 is 16.0 Å². The van der Waals surface area contributed by atoms with Gasteiger partial charge in [-0.15, -0.1) is 0 Å². The number of nitrogens with two attached hydrogens (primary N) is 1. The number of nitriles is 1. The minimum Gasteiger partial charge on any atom is -0.399 e. The molecular formula is C12H8N4OS. The molecule has 0 atom stereocenters. The number of rotatable bonds is 0. The van der Waals surface area contributed by atoms with E-state index in [1.165, 1.54) is 11.8 Å². The van der Waals surface area contributed by atoms with Crippen molar-refractivity contribution in [1.29, 1.82) is 5.26 Å². The first-order valence-corrected chi connectivity index (χ1v) is 6.01. The van der Waals surface area contributed by atoms with Crippen molar-refractivity contribution in [2.24, 2.45) is 0 Å². The lowest BCUT2D eigenvalue weighted by molar-refractivity contribution is 1.14. The second-order valence-electron chi connectivity index (χ2n) is 3.83. The largest absolute Gasteiger partial charge is 0.399 e. The third-order valence-electron chi connectivity index (χ3n) is 2.65. The van der Waals surface area contributed by atoms with Crippen molar-refractivity contribution in [2.75, 3.05) is 11.1 Å². The molecule has 3 rings (SSSR count). The molecule has 0 aliphatic carbocycles. The third kappa shape index (κ3) is 1.53. The average Bonchev–Trinajstić information content (AvgIpc) is 2.36. The van der Waals surface area contributed by atoms with E-state index in [1.54, 1.807) is 12.3 Å². The van der Waals surface area contributed by atoms with Crippen LogP contribution in [0.5, 0.6) is 0 Å². The number of nitrogens with one attached hydrogen (secondary N) is 2. The van der Waals surface area contributed by atoms with E-state index in [0.29, 0.717) is 11.4 Å². The molecule has 2 heterocycles. The fraction of sp³-hybridized carbons (Fsp3) is 0. The van der Waals surface area contributed by atoms with Gasteiger partial charge in [-0.25, -0.2) is 0 Å². The van der Waals surface area contributed by atoms with E-state index in [0.717, 1.165) is 15.5 Å². The molecule has 1 aliphatic heterocycles. The van der Waals surface area contributed by atoms with Crippen molar-refractivity contribution in [3.05, 3.63) is 40.3 Å². The molecule has 2 aromatic rings. The van der Waals surface area contributed by atoms with Gasteiger partial charge in [0, 0.05) is 16.8 Å². The Labute approximate surface area is 107 Å². The number of nitrogen functional groups attached to an aromatic ring is 1. The van der Waals surface area contributed by atoms with Crippen molar-refractivity contribution < 1.29 is 0 Å². The fourth-order valence-corrected chi connectivity index (χ4v) is 2.78.